The molecule has 0 bridgehead atoms. The average Bonchev–Trinajstić information content (AvgIpc) is 2.23. The second-order valence-corrected chi connectivity index (χ2v) is 7.99. The molecule has 0 spiro atoms. The van der Waals surface area contributed by atoms with Crippen LogP contribution in [0, 0.1) is 5.41 Å². The zero-order valence-electron chi connectivity index (χ0n) is 11.9. The van der Waals surface area contributed by atoms with Crippen LogP contribution < -0.4 is 4.74 Å². The van der Waals surface area contributed by atoms with Gasteiger partial charge < -0.3 is 9.84 Å². The van der Waals surface area contributed by atoms with Crippen LogP contribution in [-0.2, 0) is 9.84 Å². The number of benzene rings is 1. The van der Waals surface area contributed by atoms with Gasteiger partial charge in [0.2, 0.25) is 0 Å². The van der Waals surface area contributed by atoms with Crippen molar-refractivity contribution in [2.24, 2.45) is 5.41 Å². The van der Waals surface area contributed by atoms with Crippen LogP contribution in [0.2, 0.25) is 0 Å². The van der Waals surface area contributed by atoms with Gasteiger partial charge in [-0.25, -0.2) is 8.42 Å². The van der Waals surface area contributed by atoms with E-state index in [1.165, 1.54) is 12.1 Å². The number of rotatable bonds is 5. The number of hydrogen-bond acceptors (Lipinski definition) is 4. The van der Waals surface area contributed by atoms with Gasteiger partial charge >= 0.3 is 0 Å². The molecular formula is C14H22O4S. The number of aliphatic hydroxyl groups excluding tert-OH is 1. The van der Waals surface area contributed by atoms with E-state index < -0.39 is 15.9 Å². The highest BCUT2D eigenvalue weighted by molar-refractivity contribution is 7.90. The molecule has 19 heavy (non-hydrogen) atoms. The Hall–Kier alpha value is -1.07. The molecule has 4 nitrogen and oxygen atoms in total. The summed E-state index contributed by atoms with van der Waals surface area (Å²) in [6, 6.07) is 6.20. The lowest BCUT2D eigenvalue weighted by molar-refractivity contribution is 0.0710. The van der Waals surface area contributed by atoms with Crippen LogP contribution in [0.1, 0.15) is 27.2 Å². The van der Waals surface area contributed by atoms with Gasteiger partial charge in [-0.05, 0) is 36.1 Å². The van der Waals surface area contributed by atoms with Crippen LogP contribution in [-0.4, -0.2) is 32.5 Å². The first-order chi connectivity index (χ1) is 8.58. The topological polar surface area (TPSA) is 63.6 Å². The van der Waals surface area contributed by atoms with Crippen molar-refractivity contribution in [3.05, 3.63) is 24.3 Å². The Morgan fingerprint density at radius 1 is 1.21 bits per heavy atom. The summed E-state index contributed by atoms with van der Waals surface area (Å²) in [6.45, 7) is 6.36. The highest BCUT2D eigenvalue weighted by Gasteiger charge is 2.17. The Morgan fingerprint density at radius 3 is 2.16 bits per heavy atom. The van der Waals surface area contributed by atoms with Gasteiger partial charge in [-0.3, -0.25) is 0 Å². The highest BCUT2D eigenvalue weighted by Crippen LogP contribution is 2.22. The van der Waals surface area contributed by atoms with Crippen LogP contribution in [0.4, 0.5) is 0 Å². The Bertz CT molecular complexity index is 497. The molecule has 0 saturated carbocycles. The minimum Gasteiger partial charge on any atom is -0.491 e. The van der Waals surface area contributed by atoms with Crippen molar-refractivity contribution in [2.45, 2.75) is 38.2 Å². The quantitative estimate of drug-likeness (QED) is 0.902. The number of sulfone groups is 1. The molecule has 0 radical (unpaired) electrons. The molecule has 0 aliphatic rings. The van der Waals surface area contributed by atoms with Gasteiger partial charge in [0.15, 0.2) is 9.84 Å². The van der Waals surface area contributed by atoms with Crippen LogP contribution >= 0.6 is 0 Å². The molecule has 0 heterocycles. The summed E-state index contributed by atoms with van der Waals surface area (Å²) in [4.78, 5) is 0.259. The minimum atomic E-state index is -3.18. The Labute approximate surface area is 115 Å². The molecule has 0 aromatic heterocycles. The number of hydrogen-bond donors (Lipinski definition) is 1. The maximum absolute atomic E-state index is 11.3. The van der Waals surface area contributed by atoms with Gasteiger partial charge in [-0.15, -0.1) is 0 Å². The van der Waals surface area contributed by atoms with E-state index in [1.54, 1.807) is 12.1 Å². The molecule has 0 aliphatic heterocycles. The van der Waals surface area contributed by atoms with Gasteiger partial charge in [0.25, 0.3) is 0 Å². The van der Waals surface area contributed by atoms with Gasteiger partial charge in [0.05, 0.1) is 11.0 Å². The zero-order chi connectivity index (χ0) is 14.7. The smallest absolute Gasteiger partial charge is 0.175 e. The molecule has 5 heteroatoms. The summed E-state index contributed by atoms with van der Waals surface area (Å²) in [5.74, 6) is 0.556. The molecular weight excluding hydrogens is 264 g/mol. The predicted octanol–water partition coefficient (Wildman–Crippen LogP) is 2.27. The van der Waals surface area contributed by atoms with E-state index in [4.69, 9.17) is 4.74 Å². The summed E-state index contributed by atoms with van der Waals surface area (Å²) in [5.41, 5.74) is 0.0446. The summed E-state index contributed by atoms with van der Waals surface area (Å²) in [6.07, 6.45) is 1.28. The van der Waals surface area contributed by atoms with E-state index >= 15 is 0 Å². The fraction of sp³-hybridized carbons (Fsp3) is 0.571. The van der Waals surface area contributed by atoms with E-state index in [1.807, 2.05) is 0 Å². The van der Waals surface area contributed by atoms with Crippen molar-refractivity contribution in [2.75, 3.05) is 12.9 Å². The third kappa shape index (κ3) is 6.07. The fourth-order valence-corrected chi connectivity index (χ4v) is 2.37. The molecule has 0 amide bonds. The van der Waals surface area contributed by atoms with Crippen molar-refractivity contribution >= 4 is 9.84 Å². The Balaban J connectivity index is 2.55. The Kier molecular flexibility index (Phi) is 4.98. The molecule has 0 unspecified atom stereocenters. The molecule has 0 aliphatic carbocycles. The van der Waals surface area contributed by atoms with E-state index in [0.29, 0.717) is 12.2 Å². The van der Waals surface area contributed by atoms with Crippen LogP contribution in [0.5, 0.6) is 5.75 Å². The van der Waals surface area contributed by atoms with Gasteiger partial charge in [-0.1, -0.05) is 20.8 Å². The van der Waals surface area contributed by atoms with Crippen molar-refractivity contribution in [3.63, 3.8) is 0 Å². The van der Waals surface area contributed by atoms with Crippen LogP contribution in [0.15, 0.2) is 29.2 Å². The lowest BCUT2D eigenvalue weighted by Crippen LogP contribution is -2.23. The second kappa shape index (κ2) is 5.92. The largest absolute Gasteiger partial charge is 0.491 e. The summed E-state index contributed by atoms with van der Waals surface area (Å²) >= 11 is 0. The molecule has 1 aromatic carbocycles. The average molecular weight is 286 g/mol. The third-order valence-electron chi connectivity index (χ3n) is 2.54. The van der Waals surface area contributed by atoms with E-state index in [2.05, 4.69) is 20.8 Å². The lowest BCUT2D eigenvalue weighted by Gasteiger charge is -2.22. The van der Waals surface area contributed by atoms with E-state index in [0.717, 1.165) is 6.26 Å². The van der Waals surface area contributed by atoms with Gasteiger partial charge in [0, 0.05) is 6.26 Å². The Morgan fingerprint density at radius 2 is 1.74 bits per heavy atom. The molecule has 1 rings (SSSR count). The maximum atomic E-state index is 11.3. The predicted molar refractivity (Wildman–Crippen MR) is 75.1 cm³/mol. The normalized spacial score (nSPS) is 14.2. The van der Waals surface area contributed by atoms with Crippen LogP contribution in [0.25, 0.3) is 0 Å². The van der Waals surface area contributed by atoms with Crippen molar-refractivity contribution in [1.29, 1.82) is 0 Å². The van der Waals surface area contributed by atoms with Crippen molar-refractivity contribution in [1.82, 2.24) is 0 Å². The first-order valence-corrected chi connectivity index (χ1v) is 8.08. The third-order valence-corrected chi connectivity index (χ3v) is 3.67. The van der Waals surface area contributed by atoms with Crippen molar-refractivity contribution in [3.8, 4) is 5.75 Å². The first-order valence-electron chi connectivity index (χ1n) is 6.19. The summed E-state index contributed by atoms with van der Waals surface area (Å²) < 4.78 is 28.0. The van der Waals surface area contributed by atoms with Crippen LogP contribution in [0.3, 0.4) is 0 Å². The lowest BCUT2D eigenvalue weighted by atomic mass is 9.89. The summed E-state index contributed by atoms with van der Waals surface area (Å²) in [5, 5.41) is 9.81. The number of ether oxygens (including phenoxy) is 1. The maximum Gasteiger partial charge on any atom is 0.175 e. The van der Waals surface area contributed by atoms with E-state index in [9.17, 15) is 13.5 Å². The van der Waals surface area contributed by atoms with Crippen molar-refractivity contribution < 1.29 is 18.3 Å². The first kappa shape index (κ1) is 16.0. The summed E-state index contributed by atoms with van der Waals surface area (Å²) in [7, 11) is -3.18. The van der Waals surface area contributed by atoms with Gasteiger partial charge in [0.1, 0.15) is 12.4 Å². The second-order valence-electron chi connectivity index (χ2n) is 5.97. The molecule has 108 valence electrons. The SMILES string of the molecule is CC(C)(C)C[C@H](O)COc1ccc(S(C)(=O)=O)cc1. The minimum absolute atomic E-state index is 0.0446. The molecule has 1 atom stereocenters. The molecule has 0 saturated heterocycles. The zero-order valence-corrected chi connectivity index (χ0v) is 12.7. The molecule has 1 aromatic rings. The standard InChI is InChI=1S/C14H22O4S/c1-14(2,3)9-11(15)10-18-12-5-7-13(8-6-12)19(4,16)17/h5-8,11,15H,9-10H2,1-4H3/t11-/m0/s1. The van der Waals surface area contributed by atoms with Gasteiger partial charge in [-0.2, -0.15) is 0 Å². The molecule has 1 N–H and O–H groups in total. The highest BCUT2D eigenvalue weighted by atomic mass is 32.2. The monoisotopic (exact) mass is 286 g/mol. The fourth-order valence-electron chi connectivity index (χ4n) is 1.74. The number of aliphatic hydroxyl groups is 1. The van der Waals surface area contributed by atoms with E-state index in [-0.39, 0.29) is 16.9 Å². The molecule has 0 fully saturated rings.